The third-order valence-corrected chi connectivity index (χ3v) is 4.88. The highest BCUT2D eigenvalue weighted by Crippen LogP contribution is 2.49. The van der Waals surface area contributed by atoms with Crippen LogP contribution in [0.2, 0.25) is 0 Å². The molecular formula is C19H21NO. The number of hydrogen-bond acceptors (Lipinski definition) is 2. The topological polar surface area (TPSA) is 21.3 Å². The molecule has 1 aromatic carbocycles. The van der Waals surface area contributed by atoms with Crippen molar-refractivity contribution < 1.29 is 4.74 Å². The van der Waals surface area contributed by atoms with E-state index in [1.54, 1.807) is 0 Å². The van der Waals surface area contributed by atoms with Gasteiger partial charge in [-0.15, -0.1) is 0 Å². The van der Waals surface area contributed by atoms with E-state index < -0.39 is 0 Å². The van der Waals surface area contributed by atoms with E-state index in [0.29, 0.717) is 17.9 Å². The molecule has 1 fully saturated rings. The van der Waals surface area contributed by atoms with Crippen LogP contribution in [0.15, 0.2) is 54.1 Å². The number of likely N-dealkylation sites (N-methyl/N-ethyl adjacent to an activating group) is 1. The largest absolute Gasteiger partial charge is 0.369 e. The molecule has 0 bridgehead atoms. The van der Waals surface area contributed by atoms with Gasteiger partial charge in [0.05, 0.1) is 12.2 Å². The van der Waals surface area contributed by atoms with E-state index >= 15 is 0 Å². The molecule has 3 unspecified atom stereocenters. The van der Waals surface area contributed by atoms with Crippen molar-refractivity contribution in [3.8, 4) is 0 Å². The molecule has 21 heavy (non-hydrogen) atoms. The third kappa shape index (κ3) is 2.19. The Hall–Kier alpha value is -1.64. The minimum Gasteiger partial charge on any atom is -0.369 e. The second kappa shape index (κ2) is 5.28. The lowest BCUT2D eigenvalue weighted by Gasteiger charge is -2.25. The standard InChI is InChI=1S/C19H21NO/c1-20-12-15-11-18-16-8-4-2-6-13(16)10-14-7-3-5-9-17(14)19(18)21-15/h2-10,15-16,18-20H,11-12H2,1H3/t15-,16?,18?,19?/m1/s1. The molecule has 1 aliphatic heterocycles. The number of hydrogen-bond donors (Lipinski definition) is 1. The highest BCUT2D eigenvalue weighted by Gasteiger charge is 2.42. The Bertz CT molecular complexity index is 628. The molecule has 2 nitrogen and oxygen atoms in total. The van der Waals surface area contributed by atoms with Gasteiger partial charge in [0.1, 0.15) is 0 Å². The first-order chi connectivity index (χ1) is 10.4. The monoisotopic (exact) mass is 279 g/mol. The molecule has 4 atom stereocenters. The maximum Gasteiger partial charge on any atom is 0.0873 e. The highest BCUT2D eigenvalue weighted by molar-refractivity contribution is 5.63. The Morgan fingerprint density at radius 2 is 2.14 bits per heavy atom. The number of rotatable bonds is 2. The van der Waals surface area contributed by atoms with Crippen LogP contribution < -0.4 is 5.32 Å². The quantitative estimate of drug-likeness (QED) is 0.894. The lowest BCUT2D eigenvalue weighted by molar-refractivity contribution is 0.0320. The van der Waals surface area contributed by atoms with E-state index in [-0.39, 0.29) is 6.10 Å². The lowest BCUT2D eigenvalue weighted by Crippen LogP contribution is -2.23. The van der Waals surface area contributed by atoms with E-state index in [9.17, 15) is 0 Å². The Morgan fingerprint density at radius 3 is 3.05 bits per heavy atom. The lowest BCUT2D eigenvalue weighted by atomic mass is 9.79. The van der Waals surface area contributed by atoms with Crippen molar-refractivity contribution in [3.05, 3.63) is 65.3 Å². The van der Waals surface area contributed by atoms with E-state index in [0.717, 1.165) is 13.0 Å². The fourth-order valence-corrected chi connectivity index (χ4v) is 3.98. The van der Waals surface area contributed by atoms with E-state index in [4.69, 9.17) is 4.74 Å². The highest BCUT2D eigenvalue weighted by atomic mass is 16.5. The number of ether oxygens (including phenoxy) is 1. The van der Waals surface area contributed by atoms with Crippen molar-refractivity contribution in [1.29, 1.82) is 0 Å². The number of allylic oxidation sites excluding steroid dienone is 5. The van der Waals surface area contributed by atoms with Gasteiger partial charge in [0.25, 0.3) is 0 Å². The number of fused-ring (bicyclic) bond motifs is 5. The van der Waals surface area contributed by atoms with Crippen molar-refractivity contribution in [1.82, 2.24) is 5.32 Å². The zero-order chi connectivity index (χ0) is 14.2. The predicted octanol–water partition coefficient (Wildman–Crippen LogP) is 3.49. The number of nitrogens with one attached hydrogen (secondary N) is 1. The molecule has 1 saturated heterocycles. The Balaban J connectivity index is 1.79. The zero-order valence-electron chi connectivity index (χ0n) is 12.3. The summed E-state index contributed by atoms with van der Waals surface area (Å²) in [7, 11) is 2.00. The molecule has 0 spiro atoms. The molecule has 0 amide bonds. The zero-order valence-corrected chi connectivity index (χ0v) is 12.3. The minimum absolute atomic E-state index is 0.217. The summed E-state index contributed by atoms with van der Waals surface area (Å²) in [5.74, 6) is 1.02. The van der Waals surface area contributed by atoms with Crippen molar-refractivity contribution in [3.63, 3.8) is 0 Å². The summed E-state index contributed by atoms with van der Waals surface area (Å²) < 4.78 is 6.41. The second-order valence-corrected chi connectivity index (χ2v) is 6.18. The first kappa shape index (κ1) is 13.1. The third-order valence-electron chi connectivity index (χ3n) is 4.88. The fraction of sp³-hybridized carbons (Fsp3) is 0.368. The average molecular weight is 279 g/mol. The van der Waals surface area contributed by atoms with E-state index in [2.05, 4.69) is 60.0 Å². The normalized spacial score (nSPS) is 32.9. The van der Waals surface area contributed by atoms with Crippen molar-refractivity contribution in [2.45, 2.75) is 18.6 Å². The summed E-state index contributed by atoms with van der Waals surface area (Å²) in [5, 5.41) is 3.26. The van der Waals surface area contributed by atoms with Gasteiger partial charge in [0, 0.05) is 18.4 Å². The van der Waals surface area contributed by atoms with Gasteiger partial charge in [0.15, 0.2) is 0 Å². The van der Waals surface area contributed by atoms with Gasteiger partial charge < -0.3 is 10.1 Å². The van der Waals surface area contributed by atoms with E-state index in [1.807, 2.05) is 7.05 Å². The molecule has 2 aliphatic carbocycles. The molecule has 4 rings (SSSR count). The molecule has 108 valence electrons. The van der Waals surface area contributed by atoms with Gasteiger partial charge in [0.2, 0.25) is 0 Å². The second-order valence-electron chi connectivity index (χ2n) is 6.18. The van der Waals surface area contributed by atoms with Gasteiger partial charge in [-0.3, -0.25) is 0 Å². The van der Waals surface area contributed by atoms with Crippen molar-refractivity contribution in [2.75, 3.05) is 13.6 Å². The Morgan fingerprint density at radius 1 is 1.24 bits per heavy atom. The molecule has 0 saturated carbocycles. The predicted molar refractivity (Wildman–Crippen MR) is 85.8 cm³/mol. The van der Waals surface area contributed by atoms with Crippen LogP contribution in [-0.4, -0.2) is 19.7 Å². The summed E-state index contributed by atoms with van der Waals surface area (Å²) in [5.41, 5.74) is 4.09. The summed E-state index contributed by atoms with van der Waals surface area (Å²) in [6, 6.07) is 8.69. The van der Waals surface area contributed by atoms with Gasteiger partial charge in [-0.25, -0.2) is 0 Å². The van der Waals surface area contributed by atoms with Crippen LogP contribution >= 0.6 is 0 Å². The molecule has 0 aromatic heterocycles. The smallest absolute Gasteiger partial charge is 0.0873 e. The van der Waals surface area contributed by atoms with Crippen LogP contribution in [0.25, 0.3) is 6.08 Å². The van der Waals surface area contributed by atoms with Gasteiger partial charge in [-0.1, -0.05) is 54.6 Å². The molecule has 1 heterocycles. The molecule has 3 aliphatic rings. The molecular weight excluding hydrogens is 258 g/mol. The van der Waals surface area contributed by atoms with Crippen LogP contribution in [0, 0.1) is 11.8 Å². The van der Waals surface area contributed by atoms with Crippen molar-refractivity contribution in [2.24, 2.45) is 11.8 Å². The maximum absolute atomic E-state index is 6.41. The van der Waals surface area contributed by atoms with Crippen LogP contribution in [0.4, 0.5) is 0 Å². The minimum atomic E-state index is 0.217. The van der Waals surface area contributed by atoms with Gasteiger partial charge in [-0.05, 0) is 30.2 Å². The maximum atomic E-state index is 6.41. The average Bonchev–Trinajstić information content (AvgIpc) is 2.87. The SMILES string of the molecule is CNC[C@H]1CC2C3C=CC=CC3=Cc3ccccc3C2O1. The van der Waals surface area contributed by atoms with E-state index in [1.165, 1.54) is 16.7 Å². The molecule has 0 radical (unpaired) electrons. The van der Waals surface area contributed by atoms with Crippen LogP contribution in [0.1, 0.15) is 23.7 Å². The summed E-state index contributed by atoms with van der Waals surface area (Å²) in [4.78, 5) is 0. The summed E-state index contributed by atoms with van der Waals surface area (Å²) in [6.45, 7) is 0.931. The Kier molecular flexibility index (Phi) is 3.28. The Labute approximate surface area is 126 Å². The van der Waals surface area contributed by atoms with Gasteiger partial charge in [-0.2, -0.15) is 0 Å². The number of benzene rings is 1. The summed E-state index contributed by atoms with van der Waals surface area (Å²) in [6.07, 6.45) is 12.9. The first-order valence-corrected chi connectivity index (χ1v) is 7.82. The first-order valence-electron chi connectivity index (χ1n) is 7.82. The van der Waals surface area contributed by atoms with Crippen LogP contribution in [-0.2, 0) is 4.74 Å². The molecule has 2 heteroatoms. The van der Waals surface area contributed by atoms with Crippen LogP contribution in [0.5, 0.6) is 0 Å². The van der Waals surface area contributed by atoms with Crippen LogP contribution in [0.3, 0.4) is 0 Å². The van der Waals surface area contributed by atoms with Crippen molar-refractivity contribution >= 4 is 6.08 Å². The molecule has 1 N–H and O–H groups in total. The van der Waals surface area contributed by atoms with Gasteiger partial charge >= 0.3 is 0 Å². The molecule has 1 aromatic rings. The fourth-order valence-electron chi connectivity index (χ4n) is 3.98. The summed E-state index contributed by atoms with van der Waals surface area (Å²) >= 11 is 0.